The molecule has 0 bridgehead atoms. The summed E-state index contributed by atoms with van der Waals surface area (Å²) < 4.78 is 6.58. The summed E-state index contributed by atoms with van der Waals surface area (Å²) in [4.78, 5) is 28.4. The van der Waals surface area contributed by atoms with Crippen LogP contribution in [0.3, 0.4) is 0 Å². The molecule has 0 saturated carbocycles. The highest BCUT2D eigenvalue weighted by molar-refractivity contribution is 5.92. The molecule has 2 aromatic rings. The van der Waals surface area contributed by atoms with E-state index in [1.165, 1.54) is 0 Å². The minimum Gasteiger partial charge on any atom is -0.360 e. The number of nitrogens with zero attached hydrogens (tertiary/aromatic N) is 5. The van der Waals surface area contributed by atoms with E-state index in [2.05, 4.69) is 30.7 Å². The van der Waals surface area contributed by atoms with E-state index in [1.807, 2.05) is 13.0 Å². The molecular formula is C17H25N7O3. The van der Waals surface area contributed by atoms with Crippen LogP contribution in [0.25, 0.3) is 0 Å². The summed E-state index contributed by atoms with van der Waals surface area (Å²) >= 11 is 0. The van der Waals surface area contributed by atoms with E-state index < -0.39 is 0 Å². The van der Waals surface area contributed by atoms with Gasteiger partial charge in [-0.2, -0.15) is 5.10 Å². The zero-order valence-electron chi connectivity index (χ0n) is 15.9. The number of nitrogens with one attached hydrogen (secondary N) is 2. The smallest absolute Gasteiger partial charge is 0.239 e. The Morgan fingerprint density at radius 1 is 1.04 bits per heavy atom. The Balaban J connectivity index is 1.38. The molecule has 1 aliphatic heterocycles. The van der Waals surface area contributed by atoms with Gasteiger partial charge in [-0.15, -0.1) is 0 Å². The van der Waals surface area contributed by atoms with E-state index in [0.717, 1.165) is 31.9 Å². The third-order valence-corrected chi connectivity index (χ3v) is 4.36. The first-order valence-corrected chi connectivity index (χ1v) is 8.87. The number of rotatable bonds is 6. The van der Waals surface area contributed by atoms with Crippen LogP contribution < -0.4 is 10.6 Å². The first-order valence-electron chi connectivity index (χ1n) is 8.87. The molecule has 2 N–H and O–H groups in total. The van der Waals surface area contributed by atoms with Crippen LogP contribution in [0.1, 0.15) is 11.5 Å². The fourth-order valence-electron chi connectivity index (χ4n) is 3.03. The van der Waals surface area contributed by atoms with E-state index >= 15 is 0 Å². The maximum Gasteiger partial charge on any atom is 0.239 e. The van der Waals surface area contributed by atoms with Gasteiger partial charge in [0.2, 0.25) is 11.8 Å². The molecule has 0 unspecified atom stereocenters. The van der Waals surface area contributed by atoms with Gasteiger partial charge in [-0.25, -0.2) is 0 Å². The van der Waals surface area contributed by atoms with E-state index in [1.54, 1.807) is 24.7 Å². The fourth-order valence-corrected chi connectivity index (χ4v) is 3.03. The summed E-state index contributed by atoms with van der Waals surface area (Å²) in [5, 5.41) is 13.6. The summed E-state index contributed by atoms with van der Waals surface area (Å²) in [6.07, 6.45) is 0. The van der Waals surface area contributed by atoms with Gasteiger partial charge in [-0.3, -0.25) is 24.1 Å². The average molecular weight is 375 g/mol. The number of anilines is 2. The standard InChI is InChI=1S/C17H25N7O3/c1-12-8-15(22(3)20-12)19-17(26)11-24-6-4-23(5-7-24)10-16(25)18-14-9-13(2)27-21-14/h8-9H,4-7,10-11H2,1-3H3,(H,19,26)(H,18,21,25). The lowest BCUT2D eigenvalue weighted by Crippen LogP contribution is -2.50. The molecule has 27 heavy (non-hydrogen) atoms. The van der Waals surface area contributed by atoms with Crippen LogP contribution in [-0.2, 0) is 16.6 Å². The molecule has 0 aromatic carbocycles. The second-order valence-corrected chi connectivity index (χ2v) is 6.77. The molecule has 0 spiro atoms. The molecule has 0 aliphatic carbocycles. The SMILES string of the molecule is Cc1cc(NC(=O)CN2CCN(CC(=O)Nc3cc(C)on3)CC2)n(C)n1. The fraction of sp³-hybridized carbons (Fsp3) is 0.529. The number of aryl methyl sites for hydroxylation is 3. The first kappa shape index (κ1) is 19.1. The molecule has 3 heterocycles. The predicted octanol–water partition coefficient (Wildman–Crippen LogP) is 0.220. The van der Waals surface area contributed by atoms with Gasteiger partial charge in [0.15, 0.2) is 5.82 Å². The van der Waals surface area contributed by atoms with Crippen molar-refractivity contribution in [2.45, 2.75) is 13.8 Å². The molecule has 10 nitrogen and oxygen atoms in total. The predicted molar refractivity (Wildman–Crippen MR) is 99.3 cm³/mol. The second-order valence-electron chi connectivity index (χ2n) is 6.77. The van der Waals surface area contributed by atoms with Crippen LogP contribution in [-0.4, -0.2) is 75.8 Å². The molecule has 146 valence electrons. The molecule has 1 saturated heterocycles. The van der Waals surface area contributed by atoms with Crippen molar-refractivity contribution < 1.29 is 14.1 Å². The summed E-state index contributed by atoms with van der Waals surface area (Å²) in [6, 6.07) is 3.52. The number of hydrogen-bond acceptors (Lipinski definition) is 7. The molecule has 1 fully saturated rings. The minimum atomic E-state index is -0.124. The third-order valence-electron chi connectivity index (χ3n) is 4.36. The van der Waals surface area contributed by atoms with E-state index in [9.17, 15) is 9.59 Å². The molecular weight excluding hydrogens is 350 g/mol. The average Bonchev–Trinajstić information content (AvgIpc) is 3.14. The Morgan fingerprint density at radius 2 is 1.63 bits per heavy atom. The van der Waals surface area contributed by atoms with Crippen molar-refractivity contribution in [3.8, 4) is 0 Å². The molecule has 2 aromatic heterocycles. The molecule has 0 atom stereocenters. The molecule has 10 heteroatoms. The van der Waals surface area contributed by atoms with Crippen molar-refractivity contribution >= 4 is 23.5 Å². The zero-order valence-corrected chi connectivity index (χ0v) is 15.9. The van der Waals surface area contributed by atoms with Gasteiger partial charge in [-0.1, -0.05) is 5.16 Å². The van der Waals surface area contributed by atoms with Crippen molar-refractivity contribution in [3.05, 3.63) is 23.6 Å². The van der Waals surface area contributed by atoms with Crippen molar-refractivity contribution in [1.82, 2.24) is 24.7 Å². The van der Waals surface area contributed by atoms with Crippen LogP contribution in [0.2, 0.25) is 0 Å². The van der Waals surface area contributed by atoms with Gasteiger partial charge in [0.25, 0.3) is 0 Å². The van der Waals surface area contributed by atoms with E-state index in [0.29, 0.717) is 30.5 Å². The van der Waals surface area contributed by atoms with Gasteiger partial charge in [0.05, 0.1) is 18.8 Å². The van der Waals surface area contributed by atoms with Crippen LogP contribution in [0.5, 0.6) is 0 Å². The largest absolute Gasteiger partial charge is 0.360 e. The highest BCUT2D eigenvalue weighted by Gasteiger charge is 2.21. The lowest BCUT2D eigenvalue weighted by Gasteiger charge is -2.33. The van der Waals surface area contributed by atoms with Crippen LogP contribution in [0, 0.1) is 13.8 Å². The Morgan fingerprint density at radius 3 is 2.11 bits per heavy atom. The highest BCUT2D eigenvalue weighted by Crippen LogP contribution is 2.09. The number of hydrogen-bond donors (Lipinski definition) is 2. The number of piperazine rings is 1. The number of carbonyl (C=O) groups is 2. The topological polar surface area (TPSA) is 109 Å². The summed E-state index contributed by atoms with van der Waals surface area (Å²) in [7, 11) is 1.80. The van der Waals surface area contributed by atoms with Gasteiger partial charge < -0.3 is 15.2 Å². The molecule has 1 aliphatic rings. The maximum absolute atomic E-state index is 12.2. The van der Waals surface area contributed by atoms with Crippen LogP contribution >= 0.6 is 0 Å². The minimum absolute atomic E-state index is 0.0643. The van der Waals surface area contributed by atoms with Gasteiger partial charge >= 0.3 is 0 Å². The van der Waals surface area contributed by atoms with Crippen molar-refractivity contribution in [2.75, 3.05) is 49.9 Å². The van der Waals surface area contributed by atoms with E-state index in [-0.39, 0.29) is 11.8 Å². The number of aromatic nitrogens is 3. The van der Waals surface area contributed by atoms with Gasteiger partial charge in [0, 0.05) is 45.4 Å². The van der Waals surface area contributed by atoms with Crippen molar-refractivity contribution in [3.63, 3.8) is 0 Å². The maximum atomic E-state index is 12.2. The van der Waals surface area contributed by atoms with Crippen molar-refractivity contribution in [1.29, 1.82) is 0 Å². The van der Waals surface area contributed by atoms with Crippen LogP contribution in [0.15, 0.2) is 16.7 Å². The van der Waals surface area contributed by atoms with Gasteiger partial charge in [0.1, 0.15) is 11.6 Å². The van der Waals surface area contributed by atoms with E-state index in [4.69, 9.17) is 4.52 Å². The molecule has 3 rings (SSSR count). The van der Waals surface area contributed by atoms with Crippen LogP contribution in [0.4, 0.5) is 11.6 Å². The normalized spacial score (nSPS) is 15.7. The Hall–Kier alpha value is -2.72. The van der Waals surface area contributed by atoms with Crippen molar-refractivity contribution in [2.24, 2.45) is 7.05 Å². The first-order chi connectivity index (χ1) is 12.9. The summed E-state index contributed by atoms with van der Waals surface area (Å²) in [5.41, 5.74) is 0.862. The summed E-state index contributed by atoms with van der Waals surface area (Å²) in [6.45, 7) is 7.18. The lowest BCUT2D eigenvalue weighted by molar-refractivity contribution is -0.120. The number of carbonyl (C=O) groups excluding carboxylic acids is 2. The molecule has 2 amide bonds. The monoisotopic (exact) mass is 375 g/mol. The summed E-state index contributed by atoms with van der Waals surface area (Å²) in [5.74, 6) is 1.58. The Bertz CT molecular complexity index is 805. The Kier molecular flexibility index (Phi) is 5.87. The second kappa shape index (κ2) is 8.31. The lowest BCUT2D eigenvalue weighted by atomic mass is 10.3. The van der Waals surface area contributed by atoms with Gasteiger partial charge in [-0.05, 0) is 13.8 Å². The number of amides is 2. The third kappa shape index (κ3) is 5.38. The quantitative estimate of drug-likeness (QED) is 0.743. The molecule has 0 radical (unpaired) electrons. The Labute approximate surface area is 157 Å². The zero-order chi connectivity index (χ0) is 19.4. The highest BCUT2D eigenvalue weighted by atomic mass is 16.5.